The lowest BCUT2D eigenvalue weighted by Gasteiger charge is -1.77. The van der Waals surface area contributed by atoms with Crippen LogP contribution in [0.4, 0.5) is 0 Å². The summed E-state index contributed by atoms with van der Waals surface area (Å²) in [6.45, 7) is 0. The standard InChI is InChI=1S/C3H3N3O3.H4Si/c7-1-4-2(8)6-3(9)5-1;/h(H3,4,5,6,7,8,9);1H4. The molecule has 1 heterocycles. The third-order valence-electron chi connectivity index (χ3n) is 0.681. The molecule has 0 aliphatic rings. The van der Waals surface area contributed by atoms with E-state index in [0.717, 1.165) is 0 Å². The Bertz CT molecular complexity index is 281. The summed E-state index contributed by atoms with van der Waals surface area (Å²) in [5.74, 6) is 0. The molecule has 3 N–H and O–H groups in total. The van der Waals surface area contributed by atoms with Gasteiger partial charge in [-0.2, -0.15) is 0 Å². The number of hydrogen-bond donors (Lipinski definition) is 3. The third kappa shape index (κ3) is 1.86. The van der Waals surface area contributed by atoms with E-state index in [9.17, 15) is 14.4 Å². The van der Waals surface area contributed by atoms with E-state index in [-0.39, 0.29) is 11.0 Å². The summed E-state index contributed by atoms with van der Waals surface area (Å²) in [4.78, 5) is 35.9. The fourth-order valence-electron chi connectivity index (χ4n) is 0.403. The Morgan fingerprint density at radius 3 is 1.10 bits per heavy atom. The molecule has 0 aliphatic carbocycles. The minimum absolute atomic E-state index is 0. The average molecular weight is 161 g/mol. The maximum Gasteiger partial charge on any atom is 0.330 e. The molecule has 1 rings (SSSR count). The van der Waals surface area contributed by atoms with Gasteiger partial charge in [0.25, 0.3) is 0 Å². The van der Waals surface area contributed by atoms with Crippen LogP contribution in [0.2, 0.25) is 0 Å². The highest BCUT2D eigenvalue weighted by molar-refractivity contribution is 5.75. The number of aromatic amines is 3. The summed E-state index contributed by atoms with van der Waals surface area (Å²) in [5.41, 5.74) is -2.41. The highest BCUT2D eigenvalue weighted by Gasteiger charge is 1.84. The Kier molecular flexibility index (Phi) is 2.56. The van der Waals surface area contributed by atoms with Gasteiger partial charge in [-0.3, -0.25) is 15.0 Å². The van der Waals surface area contributed by atoms with E-state index in [4.69, 9.17) is 0 Å². The predicted octanol–water partition coefficient (Wildman–Crippen LogP) is -3.70. The molecule has 7 heteroatoms. The number of aromatic nitrogens is 3. The first-order valence-electron chi connectivity index (χ1n) is 2.11. The molecule has 1 aromatic heterocycles. The van der Waals surface area contributed by atoms with E-state index in [1.807, 2.05) is 0 Å². The molecule has 0 radical (unpaired) electrons. The summed E-state index contributed by atoms with van der Waals surface area (Å²) in [6, 6.07) is 0. The molecular formula is C3H7N3O3Si. The van der Waals surface area contributed by atoms with Crippen molar-refractivity contribution in [3.63, 3.8) is 0 Å². The molecule has 0 saturated carbocycles. The van der Waals surface area contributed by atoms with Crippen LogP contribution in [0.5, 0.6) is 0 Å². The maximum absolute atomic E-state index is 10.2. The Balaban J connectivity index is 0.000000810. The van der Waals surface area contributed by atoms with Crippen molar-refractivity contribution in [2.45, 2.75) is 0 Å². The molecule has 0 saturated heterocycles. The van der Waals surface area contributed by atoms with Crippen molar-refractivity contribution < 1.29 is 0 Å². The van der Waals surface area contributed by atoms with Crippen LogP contribution in [0.25, 0.3) is 0 Å². The smallest absolute Gasteiger partial charge is 0.259 e. The average Bonchev–Trinajstić information content (AvgIpc) is 1.59. The van der Waals surface area contributed by atoms with E-state index >= 15 is 0 Å². The van der Waals surface area contributed by atoms with Crippen molar-refractivity contribution in [2.24, 2.45) is 0 Å². The van der Waals surface area contributed by atoms with Crippen molar-refractivity contribution in [1.82, 2.24) is 15.0 Å². The first kappa shape index (κ1) is 8.63. The van der Waals surface area contributed by atoms with Crippen LogP contribution in [-0.4, -0.2) is 25.9 Å². The number of rotatable bonds is 0. The molecule has 0 unspecified atom stereocenters. The fraction of sp³-hybridized carbons (Fsp3) is 0. The molecule has 0 amide bonds. The third-order valence-corrected chi connectivity index (χ3v) is 0.681. The highest BCUT2D eigenvalue weighted by Crippen LogP contribution is 1.29. The van der Waals surface area contributed by atoms with Crippen LogP contribution in [0, 0.1) is 0 Å². The molecule has 0 fully saturated rings. The van der Waals surface area contributed by atoms with Crippen molar-refractivity contribution in [3.05, 3.63) is 31.5 Å². The molecule has 0 atom stereocenters. The van der Waals surface area contributed by atoms with Gasteiger partial charge in [0, 0.05) is 0 Å². The lowest BCUT2D eigenvalue weighted by Crippen LogP contribution is -2.34. The molecule has 56 valence electrons. The lowest BCUT2D eigenvalue weighted by atomic mass is 11.0. The first-order valence-corrected chi connectivity index (χ1v) is 2.11. The molecule has 0 bridgehead atoms. The largest absolute Gasteiger partial charge is 0.330 e. The normalized spacial score (nSPS) is 8.40. The summed E-state index contributed by atoms with van der Waals surface area (Å²) < 4.78 is 0. The quantitative estimate of drug-likeness (QED) is 0.341. The number of H-pyrrole nitrogens is 3. The molecule has 0 spiro atoms. The van der Waals surface area contributed by atoms with Gasteiger partial charge in [0.1, 0.15) is 0 Å². The van der Waals surface area contributed by atoms with Crippen molar-refractivity contribution in [3.8, 4) is 0 Å². The second-order valence-corrected chi connectivity index (χ2v) is 1.36. The van der Waals surface area contributed by atoms with Gasteiger partial charge in [-0.05, 0) is 11.0 Å². The van der Waals surface area contributed by atoms with Gasteiger partial charge in [-0.25, -0.2) is 14.4 Å². The Labute approximate surface area is 58.3 Å². The minimum atomic E-state index is -0.802. The summed E-state index contributed by atoms with van der Waals surface area (Å²) in [5, 5.41) is 0. The molecule has 0 aliphatic heterocycles. The monoisotopic (exact) mass is 161 g/mol. The SMILES string of the molecule is O=c1[nH]c(=O)[nH]c(=O)[nH]1.[SiH4]. The maximum atomic E-state index is 10.2. The zero-order chi connectivity index (χ0) is 6.85. The highest BCUT2D eigenvalue weighted by atomic mass is 28.1. The number of nitrogens with one attached hydrogen (secondary N) is 3. The second-order valence-electron chi connectivity index (χ2n) is 1.36. The van der Waals surface area contributed by atoms with Gasteiger partial charge in [0.2, 0.25) is 0 Å². The van der Waals surface area contributed by atoms with Gasteiger partial charge in [0.05, 0.1) is 0 Å². The summed E-state index contributed by atoms with van der Waals surface area (Å²) in [7, 11) is 0. The van der Waals surface area contributed by atoms with E-state index in [0.29, 0.717) is 0 Å². The van der Waals surface area contributed by atoms with Crippen LogP contribution in [0.1, 0.15) is 0 Å². The second kappa shape index (κ2) is 2.97. The van der Waals surface area contributed by atoms with E-state index in [2.05, 4.69) is 0 Å². The van der Waals surface area contributed by atoms with E-state index in [1.54, 1.807) is 15.0 Å². The summed E-state index contributed by atoms with van der Waals surface area (Å²) >= 11 is 0. The van der Waals surface area contributed by atoms with Gasteiger partial charge in [0.15, 0.2) is 0 Å². The molecule has 10 heavy (non-hydrogen) atoms. The topological polar surface area (TPSA) is 98.6 Å². The zero-order valence-corrected chi connectivity index (χ0v) is 4.22. The molecule has 0 aromatic carbocycles. The minimum Gasteiger partial charge on any atom is -0.259 e. The fourth-order valence-corrected chi connectivity index (χ4v) is 0.403. The molecule has 1 aromatic rings. The van der Waals surface area contributed by atoms with E-state index < -0.39 is 17.1 Å². The van der Waals surface area contributed by atoms with Gasteiger partial charge in [-0.1, -0.05) is 0 Å². The lowest BCUT2D eigenvalue weighted by molar-refractivity contribution is 0.888. The summed E-state index contributed by atoms with van der Waals surface area (Å²) in [6.07, 6.45) is 0. The van der Waals surface area contributed by atoms with Crippen LogP contribution in [0.15, 0.2) is 14.4 Å². The van der Waals surface area contributed by atoms with Gasteiger partial charge >= 0.3 is 17.1 Å². The zero-order valence-electron chi connectivity index (χ0n) is 4.22. The van der Waals surface area contributed by atoms with Crippen molar-refractivity contribution in [1.29, 1.82) is 0 Å². The molecule has 6 nitrogen and oxygen atoms in total. The Morgan fingerprint density at radius 1 is 0.700 bits per heavy atom. The van der Waals surface area contributed by atoms with Crippen molar-refractivity contribution >= 4 is 11.0 Å². The van der Waals surface area contributed by atoms with Gasteiger partial charge in [-0.15, -0.1) is 0 Å². The van der Waals surface area contributed by atoms with Crippen molar-refractivity contribution in [2.75, 3.05) is 0 Å². The number of hydrogen-bond acceptors (Lipinski definition) is 3. The van der Waals surface area contributed by atoms with Crippen LogP contribution in [0.3, 0.4) is 0 Å². The van der Waals surface area contributed by atoms with E-state index in [1.165, 1.54) is 0 Å². The van der Waals surface area contributed by atoms with Crippen LogP contribution >= 0.6 is 0 Å². The Morgan fingerprint density at radius 2 is 0.900 bits per heavy atom. The van der Waals surface area contributed by atoms with Crippen LogP contribution in [-0.2, 0) is 0 Å². The van der Waals surface area contributed by atoms with Gasteiger partial charge < -0.3 is 0 Å². The van der Waals surface area contributed by atoms with Crippen LogP contribution < -0.4 is 17.1 Å². The molecular weight excluding hydrogens is 154 g/mol. The Hall–Kier alpha value is -1.37. The predicted molar refractivity (Wildman–Crippen MR) is 39.6 cm³/mol. The first-order chi connectivity index (χ1) is 4.18.